The van der Waals surface area contributed by atoms with Gasteiger partial charge in [-0.2, -0.15) is 10.1 Å². The van der Waals surface area contributed by atoms with Crippen molar-refractivity contribution in [2.75, 3.05) is 13.1 Å². The van der Waals surface area contributed by atoms with Gasteiger partial charge in [0, 0.05) is 24.7 Å². The molecule has 1 N–H and O–H groups in total. The third-order valence-electron chi connectivity index (χ3n) is 3.92. The average molecular weight is 321 g/mol. The minimum Gasteiger partial charge on any atom is -0.356 e. The van der Waals surface area contributed by atoms with Crippen molar-refractivity contribution >= 4 is 18.2 Å². The van der Waals surface area contributed by atoms with Crippen LogP contribution in [-0.2, 0) is 0 Å². The number of aryl methyl sites for hydroxylation is 1. The van der Waals surface area contributed by atoms with Gasteiger partial charge in [0.2, 0.25) is 0 Å². The minimum atomic E-state index is 0. The summed E-state index contributed by atoms with van der Waals surface area (Å²) in [4.78, 5) is 8.55. The summed E-state index contributed by atoms with van der Waals surface area (Å²) in [6.07, 6.45) is 5.62. The molecule has 0 saturated carbocycles. The Bertz CT molecular complexity index is 777. The number of halogens is 1. The molecule has 0 amide bonds. The van der Waals surface area contributed by atoms with E-state index in [4.69, 9.17) is 4.52 Å². The lowest BCUT2D eigenvalue weighted by atomic mass is 9.92. The summed E-state index contributed by atoms with van der Waals surface area (Å²) in [6, 6.07) is 1.93. The van der Waals surface area contributed by atoms with Gasteiger partial charge in [0.25, 0.3) is 5.78 Å². The van der Waals surface area contributed by atoms with Crippen molar-refractivity contribution in [1.29, 1.82) is 0 Å². The molecule has 0 aliphatic carbocycles. The Labute approximate surface area is 133 Å². The predicted octanol–water partition coefficient (Wildman–Crippen LogP) is 1.98. The van der Waals surface area contributed by atoms with Gasteiger partial charge in [-0.15, -0.1) is 12.4 Å². The molecule has 1 unspecified atom stereocenters. The number of hydrogen-bond acceptors (Lipinski definition) is 6. The van der Waals surface area contributed by atoms with Gasteiger partial charge in [-0.3, -0.25) is 0 Å². The molecule has 4 rings (SSSR count). The first-order valence-corrected chi connectivity index (χ1v) is 7.16. The lowest BCUT2D eigenvalue weighted by Crippen LogP contribution is -2.30. The van der Waals surface area contributed by atoms with Crippen LogP contribution in [0, 0.1) is 6.92 Å². The second-order valence-electron chi connectivity index (χ2n) is 5.40. The number of fused-ring (bicyclic) bond motifs is 1. The second kappa shape index (κ2) is 6.02. The summed E-state index contributed by atoms with van der Waals surface area (Å²) in [5.74, 6) is 1.72. The zero-order valence-corrected chi connectivity index (χ0v) is 13.0. The van der Waals surface area contributed by atoms with Crippen molar-refractivity contribution < 1.29 is 4.52 Å². The first-order valence-electron chi connectivity index (χ1n) is 7.16. The molecular formula is C14H17ClN6O. The van der Waals surface area contributed by atoms with Crippen LogP contribution in [-0.4, -0.2) is 37.8 Å². The normalized spacial score (nSPS) is 18.3. The molecule has 7 nitrogen and oxygen atoms in total. The summed E-state index contributed by atoms with van der Waals surface area (Å²) in [6.45, 7) is 3.91. The number of piperidine rings is 1. The van der Waals surface area contributed by atoms with E-state index in [1.165, 1.54) is 6.33 Å². The molecule has 0 spiro atoms. The van der Waals surface area contributed by atoms with Gasteiger partial charge in [0.05, 0.1) is 17.0 Å². The Balaban J connectivity index is 0.00000144. The van der Waals surface area contributed by atoms with Gasteiger partial charge in [-0.05, 0) is 26.3 Å². The Hall–Kier alpha value is -1.99. The molecule has 1 atom stereocenters. The van der Waals surface area contributed by atoms with Crippen LogP contribution in [0.3, 0.4) is 0 Å². The maximum Gasteiger partial charge on any atom is 0.252 e. The van der Waals surface area contributed by atoms with Crippen LogP contribution in [0.25, 0.3) is 17.1 Å². The van der Waals surface area contributed by atoms with Crippen LogP contribution in [0.4, 0.5) is 0 Å². The highest BCUT2D eigenvalue weighted by molar-refractivity contribution is 5.85. The lowest BCUT2D eigenvalue weighted by Gasteiger charge is -2.24. The van der Waals surface area contributed by atoms with E-state index in [-0.39, 0.29) is 12.4 Å². The first-order chi connectivity index (χ1) is 10.3. The van der Waals surface area contributed by atoms with Gasteiger partial charge in [-0.1, -0.05) is 5.16 Å². The molecule has 1 saturated heterocycles. The van der Waals surface area contributed by atoms with E-state index < -0.39 is 0 Å². The topological polar surface area (TPSA) is 81.1 Å². The second-order valence-corrected chi connectivity index (χ2v) is 5.40. The highest BCUT2D eigenvalue weighted by atomic mass is 35.5. The number of nitrogens with zero attached hydrogens (tertiary/aromatic N) is 5. The molecule has 8 heteroatoms. The van der Waals surface area contributed by atoms with E-state index in [2.05, 4.69) is 25.5 Å². The quantitative estimate of drug-likeness (QED) is 0.777. The van der Waals surface area contributed by atoms with Gasteiger partial charge in [0.15, 0.2) is 5.76 Å². The Morgan fingerprint density at radius 3 is 3.00 bits per heavy atom. The Kier molecular flexibility index (Phi) is 4.08. The fourth-order valence-electron chi connectivity index (χ4n) is 2.95. The van der Waals surface area contributed by atoms with Gasteiger partial charge < -0.3 is 9.84 Å². The third kappa shape index (κ3) is 2.46. The summed E-state index contributed by atoms with van der Waals surface area (Å²) in [7, 11) is 0. The molecule has 4 heterocycles. The highest BCUT2D eigenvalue weighted by Crippen LogP contribution is 2.32. The van der Waals surface area contributed by atoms with Crippen molar-refractivity contribution in [3.63, 3.8) is 0 Å². The number of hydrogen-bond donors (Lipinski definition) is 1. The van der Waals surface area contributed by atoms with Crippen LogP contribution in [0.1, 0.15) is 30.1 Å². The Morgan fingerprint density at radius 2 is 2.27 bits per heavy atom. The number of aromatic nitrogens is 5. The average Bonchev–Trinajstić information content (AvgIpc) is 3.15. The van der Waals surface area contributed by atoms with Crippen molar-refractivity contribution in [1.82, 2.24) is 30.1 Å². The third-order valence-corrected chi connectivity index (χ3v) is 3.92. The molecular weight excluding hydrogens is 304 g/mol. The summed E-state index contributed by atoms with van der Waals surface area (Å²) >= 11 is 0. The zero-order valence-electron chi connectivity index (χ0n) is 12.2. The Morgan fingerprint density at radius 1 is 1.36 bits per heavy atom. The maximum atomic E-state index is 5.44. The van der Waals surface area contributed by atoms with E-state index in [1.807, 2.05) is 23.7 Å². The number of nitrogens with one attached hydrogen (secondary N) is 1. The van der Waals surface area contributed by atoms with E-state index in [0.717, 1.165) is 48.6 Å². The van der Waals surface area contributed by atoms with Crippen LogP contribution >= 0.6 is 12.4 Å². The predicted molar refractivity (Wildman–Crippen MR) is 83.1 cm³/mol. The molecule has 3 aromatic heterocycles. The molecule has 0 radical (unpaired) electrons. The van der Waals surface area contributed by atoms with Crippen LogP contribution < -0.4 is 5.32 Å². The first kappa shape index (κ1) is 14.9. The molecule has 3 aromatic rings. The highest BCUT2D eigenvalue weighted by Gasteiger charge is 2.24. The minimum absolute atomic E-state index is 0. The summed E-state index contributed by atoms with van der Waals surface area (Å²) < 4.78 is 7.26. The largest absolute Gasteiger partial charge is 0.356 e. The van der Waals surface area contributed by atoms with E-state index in [0.29, 0.717) is 11.7 Å². The van der Waals surface area contributed by atoms with E-state index in [1.54, 1.807) is 0 Å². The lowest BCUT2D eigenvalue weighted by molar-refractivity contribution is 0.421. The molecule has 116 valence electrons. The van der Waals surface area contributed by atoms with Gasteiger partial charge in [-0.25, -0.2) is 9.50 Å². The monoisotopic (exact) mass is 320 g/mol. The SMILES string of the molecule is Cc1cc(-c2cnc3ncnn3c2C2CCCNC2)on1.Cl. The van der Waals surface area contributed by atoms with E-state index in [9.17, 15) is 0 Å². The smallest absolute Gasteiger partial charge is 0.252 e. The fourth-order valence-corrected chi connectivity index (χ4v) is 2.95. The summed E-state index contributed by atoms with van der Waals surface area (Å²) in [5.41, 5.74) is 2.90. The van der Waals surface area contributed by atoms with Crippen molar-refractivity contribution in [3.8, 4) is 11.3 Å². The summed E-state index contributed by atoms with van der Waals surface area (Å²) in [5, 5.41) is 11.8. The van der Waals surface area contributed by atoms with Crippen LogP contribution in [0.5, 0.6) is 0 Å². The van der Waals surface area contributed by atoms with Crippen molar-refractivity contribution in [2.24, 2.45) is 0 Å². The molecule has 0 bridgehead atoms. The molecule has 1 aliphatic rings. The van der Waals surface area contributed by atoms with Crippen LogP contribution in [0.2, 0.25) is 0 Å². The fraction of sp³-hybridized carbons (Fsp3) is 0.429. The molecule has 0 aromatic carbocycles. The van der Waals surface area contributed by atoms with E-state index >= 15 is 0 Å². The maximum absolute atomic E-state index is 5.44. The van der Waals surface area contributed by atoms with Gasteiger partial charge in [0.1, 0.15) is 6.33 Å². The van der Waals surface area contributed by atoms with Crippen LogP contribution in [0.15, 0.2) is 23.1 Å². The molecule has 22 heavy (non-hydrogen) atoms. The van der Waals surface area contributed by atoms with Crippen molar-refractivity contribution in [2.45, 2.75) is 25.7 Å². The molecule has 1 aliphatic heterocycles. The number of rotatable bonds is 2. The standard InChI is InChI=1S/C14H16N6O.ClH/c1-9-5-12(21-19-9)11-7-16-14-17-8-18-20(14)13(11)10-3-2-4-15-6-10;/h5,7-8,10,15H,2-4,6H2,1H3;1H. The zero-order chi connectivity index (χ0) is 14.2. The van der Waals surface area contributed by atoms with Crippen molar-refractivity contribution in [3.05, 3.63) is 30.0 Å². The molecule has 1 fully saturated rings. The van der Waals surface area contributed by atoms with Gasteiger partial charge >= 0.3 is 0 Å².